The molecule has 102 valence electrons. The molecule has 0 aromatic heterocycles. The van der Waals surface area contributed by atoms with E-state index < -0.39 is 0 Å². The lowest BCUT2D eigenvalue weighted by molar-refractivity contribution is -0.0257. The van der Waals surface area contributed by atoms with Crippen molar-refractivity contribution in [1.82, 2.24) is 5.32 Å². The second-order valence-corrected chi connectivity index (χ2v) is 5.85. The van der Waals surface area contributed by atoms with Crippen molar-refractivity contribution in [2.24, 2.45) is 5.92 Å². The monoisotopic (exact) mass is 313 g/mol. The first-order valence-corrected chi connectivity index (χ1v) is 7.45. The summed E-state index contributed by atoms with van der Waals surface area (Å²) in [6, 6.07) is 8.36. The van der Waals surface area contributed by atoms with E-state index in [1.807, 2.05) is 6.07 Å². The van der Waals surface area contributed by atoms with Crippen LogP contribution in [0, 0.1) is 5.92 Å². The SMILES string of the molecule is CCNCC(OC(C)C(C)C)c1cccc(Br)c1. The predicted octanol–water partition coefficient (Wildman–Crippen LogP) is 4.16. The second kappa shape index (κ2) is 7.93. The van der Waals surface area contributed by atoms with Gasteiger partial charge in [0.15, 0.2) is 0 Å². The van der Waals surface area contributed by atoms with Gasteiger partial charge < -0.3 is 10.1 Å². The van der Waals surface area contributed by atoms with E-state index >= 15 is 0 Å². The van der Waals surface area contributed by atoms with Crippen molar-refractivity contribution in [2.45, 2.75) is 39.9 Å². The van der Waals surface area contributed by atoms with Gasteiger partial charge in [0.25, 0.3) is 0 Å². The lowest BCUT2D eigenvalue weighted by atomic mass is 10.1. The van der Waals surface area contributed by atoms with Crippen LogP contribution in [0.1, 0.15) is 39.4 Å². The highest BCUT2D eigenvalue weighted by atomic mass is 79.9. The van der Waals surface area contributed by atoms with E-state index in [1.54, 1.807) is 0 Å². The Bertz CT molecular complexity index is 354. The quantitative estimate of drug-likeness (QED) is 0.816. The molecule has 0 fully saturated rings. The standard InChI is InChI=1S/C15H24BrNO/c1-5-17-10-15(18-12(4)11(2)3)13-7-6-8-14(16)9-13/h6-9,11-12,15,17H,5,10H2,1-4H3. The van der Waals surface area contributed by atoms with Crippen LogP contribution in [-0.4, -0.2) is 19.2 Å². The molecule has 0 bridgehead atoms. The average Bonchev–Trinajstić information content (AvgIpc) is 2.34. The summed E-state index contributed by atoms with van der Waals surface area (Å²) in [5, 5.41) is 3.37. The molecule has 0 aliphatic heterocycles. The molecule has 0 aliphatic rings. The molecular formula is C15H24BrNO. The number of benzene rings is 1. The summed E-state index contributed by atoms with van der Waals surface area (Å²) in [5.41, 5.74) is 1.22. The molecule has 0 heterocycles. The number of hydrogen-bond acceptors (Lipinski definition) is 2. The number of ether oxygens (including phenoxy) is 1. The van der Waals surface area contributed by atoms with E-state index in [9.17, 15) is 0 Å². The first kappa shape index (κ1) is 15.7. The zero-order chi connectivity index (χ0) is 13.5. The van der Waals surface area contributed by atoms with Crippen LogP contribution in [0.25, 0.3) is 0 Å². The van der Waals surface area contributed by atoms with E-state index in [4.69, 9.17) is 4.74 Å². The number of halogens is 1. The third-order valence-electron chi connectivity index (χ3n) is 3.12. The second-order valence-electron chi connectivity index (χ2n) is 4.94. The number of likely N-dealkylation sites (N-methyl/N-ethyl adjacent to an activating group) is 1. The molecule has 1 aromatic carbocycles. The van der Waals surface area contributed by atoms with Crippen LogP contribution in [0.2, 0.25) is 0 Å². The Labute approximate surface area is 119 Å². The minimum absolute atomic E-state index is 0.111. The summed E-state index contributed by atoms with van der Waals surface area (Å²) in [7, 11) is 0. The van der Waals surface area contributed by atoms with E-state index in [2.05, 4.69) is 67.1 Å². The van der Waals surface area contributed by atoms with Gasteiger partial charge in [0.2, 0.25) is 0 Å². The fourth-order valence-corrected chi connectivity index (χ4v) is 2.06. The van der Waals surface area contributed by atoms with Gasteiger partial charge in [-0.3, -0.25) is 0 Å². The van der Waals surface area contributed by atoms with Gasteiger partial charge in [-0.15, -0.1) is 0 Å². The lowest BCUT2D eigenvalue weighted by Crippen LogP contribution is -2.27. The van der Waals surface area contributed by atoms with Gasteiger partial charge in [-0.05, 0) is 37.1 Å². The maximum atomic E-state index is 6.17. The highest BCUT2D eigenvalue weighted by Crippen LogP contribution is 2.23. The van der Waals surface area contributed by atoms with Gasteiger partial charge in [0, 0.05) is 11.0 Å². The van der Waals surface area contributed by atoms with Gasteiger partial charge in [-0.25, -0.2) is 0 Å². The number of hydrogen-bond donors (Lipinski definition) is 1. The van der Waals surface area contributed by atoms with E-state index in [0.29, 0.717) is 5.92 Å². The Balaban J connectivity index is 2.77. The number of nitrogens with one attached hydrogen (secondary N) is 1. The molecule has 0 spiro atoms. The van der Waals surface area contributed by atoms with Gasteiger partial charge in [-0.2, -0.15) is 0 Å². The van der Waals surface area contributed by atoms with Crippen molar-refractivity contribution in [3.63, 3.8) is 0 Å². The molecule has 2 nitrogen and oxygen atoms in total. The molecule has 1 N–H and O–H groups in total. The van der Waals surface area contributed by atoms with Crippen molar-refractivity contribution in [3.8, 4) is 0 Å². The Morgan fingerprint density at radius 1 is 1.28 bits per heavy atom. The third kappa shape index (κ3) is 5.09. The summed E-state index contributed by atoms with van der Waals surface area (Å²) in [5.74, 6) is 0.529. The van der Waals surface area contributed by atoms with Crippen molar-refractivity contribution < 1.29 is 4.74 Å². The van der Waals surface area contributed by atoms with Crippen molar-refractivity contribution in [1.29, 1.82) is 0 Å². The first-order chi connectivity index (χ1) is 8.54. The van der Waals surface area contributed by atoms with Crippen molar-refractivity contribution in [3.05, 3.63) is 34.3 Å². The first-order valence-electron chi connectivity index (χ1n) is 6.66. The highest BCUT2D eigenvalue weighted by Gasteiger charge is 2.17. The fourth-order valence-electron chi connectivity index (χ4n) is 1.64. The van der Waals surface area contributed by atoms with Crippen molar-refractivity contribution >= 4 is 15.9 Å². The Hall–Kier alpha value is -0.380. The van der Waals surface area contributed by atoms with Crippen LogP contribution < -0.4 is 5.32 Å². The summed E-state index contributed by atoms with van der Waals surface area (Å²) >= 11 is 3.52. The van der Waals surface area contributed by atoms with Crippen LogP contribution >= 0.6 is 15.9 Å². The molecule has 1 aromatic rings. The molecule has 3 heteroatoms. The third-order valence-corrected chi connectivity index (χ3v) is 3.61. The van der Waals surface area contributed by atoms with Crippen LogP contribution in [0.5, 0.6) is 0 Å². The summed E-state index contributed by atoms with van der Waals surface area (Å²) in [6.45, 7) is 10.4. The molecule has 0 amide bonds. The molecule has 0 saturated heterocycles. The minimum Gasteiger partial charge on any atom is -0.369 e. The molecule has 0 radical (unpaired) electrons. The van der Waals surface area contributed by atoms with Gasteiger partial charge in [-0.1, -0.05) is 48.8 Å². The van der Waals surface area contributed by atoms with Gasteiger partial charge >= 0.3 is 0 Å². The Morgan fingerprint density at radius 2 is 2.00 bits per heavy atom. The van der Waals surface area contributed by atoms with Gasteiger partial charge in [0.05, 0.1) is 12.2 Å². The molecular weight excluding hydrogens is 290 g/mol. The van der Waals surface area contributed by atoms with Crippen LogP contribution in [0.3, 0.4) is 0 Å². The number of rotatable bonds is 7. The smallest absolute Gasteiger partial charge is 0.0953 e. The van der Waals surface area contributed by atoms with E-state index in [-0.39, 0.29) is 12.2 Å². The fraction of sp³-hybridized carbons (Fsp3) is 0.600. The lowest BCUT2D eigenvalue weighted by Gasteiger charge is -2.25. The van der Waals surface area contributed by atoms with Crippen LogP contribution in [0.15, 0.2) is 28.7 Å². The predicted molar refractivity (Wildman–Crippen MR) is 80.8 cm³/mol. The largest absolute Gasteiger partial charge is 0.369 e. The van der Waals surface area contributed by atoms with E-state index in [0.717, 1.165) is 17.6 Å². The Kier molecular flexibility index (Phi) is 6.90. The Morgan fingerprint density at radius 3 is 2.56 bits per heavy atom. The molecule has 0 saturated carbocycles. The topological polar surface area (TPSA) is 21.3 Å². The van der Waals surface area contributed by atoms with Crippen molar-refractivity contribution in [2.75, 3.05) is 13.1 Å². The normalized spacial score (nSPS) is 14.8. The van der Waals surface area contributed by atoms with Crippen LogP contribution in [0.4, 0.5) is 0 Å². The highest BCUT2D eigenvalue weighted by molar-refractivity contribution is 9.10. The summed E-state index contributed by atoms with van der Waals surface area (Å²) in [4.78, 5) is 0. The molecule has 2 unspecified atom stereocenters. The summed E-state index contributed by atoms with van der Waals surface area (Å²) in [6.07, 6.45) is 0.368. The maximum absolute atomic E-state index is 6.17. The zero-order valence-electron chi connectivity index (χ0n) is 11.7. The van der Waals surface area contributed by atoms with Crippen LogP contribution in [-0.2, 0) is 4.74 Å². The molecule has 0 aliphatic carbocycles. The van der Waals surface area contributed by atoms with E-state index in [1.165, 1.54) is 5.56 Å². The zero-order valence-corrected chi connectivity index (χ0v) is 13.3. The average molecular weight is 314 g/mol. The molecule has 1 rings (SSSR count). The minimum atomic E-state index is 0.111. The maximum Gasteiger partial charge on any atom is 0.0953 e. The van der Waals surface area contributed by atoms with Gasteiger partial charge in [0.1, 0.15) is 0 Å². The summed E-state index contributed by atoms with van der Waals surface area (Å²) < 4.78 is 7.27. The molecule has 18 heavy (non-hydrogen) atoms. The molecule has 2 atom stereocenters.